The number of H-pyrrole nitrogens is 1. The van der Waals surface area contributed by atoms with E-state index in [1.807, 2.05) is 0 Å². The summed E-state index contributed by atoms with van der Waals surface area (Å²) >= 11 is 3.22. The Bertz CT molecular complexity index is 832. The maximum Gasteiger partial charge on any atom is 0.339 e. The smallest absolute Gasteiger partial charge is 0.339 e. The molecule has 0 spiro atoms. The van der Waals surface area contributed by atoms with E-state index < -0.39 is 23.4 Å². The molecule has 7 nitrogen and oxygen atoms in total. The second-order valence-electron chi connectivity index (χ2n) is 5.59. The molecule has 0 radical (unpaired) electrons. The van der Waals surface area contributed by atoms with Crippen molar-refractivity contribution in [2.75, 3.05) is 0 Å². The molecule has 0 saturated carbocycles. The largest absolute Gasteiger partial charge is 0.445 e. The lowest BCUT2D eigenvalue weighted by atomic mass is 9.89. The average Bonchev–Trinajstić information content (AvgIpc) is 2.98. The highest BCUT2D eigenvalue weighted by molar-refractivity contribution is 9.10. The number of esters is 1. The first-order valence-corrected chi connectivity index (χ1v) is 7.94. The minimum Gasteiger partial charge on any atom is -0.445 e. The third-order valence-corrected chi connectivity index (χ3v) is 4.20. The SMILES string of the molecule is CC1(C(=O)NNC(=O)c2cc(Br)c[nH]2)Cc2ccccc2C(=O)O1. The van der Waals surface area contributed by atoms with E-state index in [0.29, 0.717) is 10.0 Å². The molecule has 124 valence electrons. The summed E-state index contributed by atoms with van der Waals surface area (Å²) in [6.07, 6.45) is 1.82. The van der Waals surface area contributed by atoms with Crippen molar-refractivity contribution in [2.45, 2.75) is 18.9 Å². The number of ether oxygens (including phenoxy) is 1. The number of hydrogen-bond acceptors (Lipinski definition) is 4. The van der Waals surface area contributed by atoms with Crippen molar-refractivity contribution in [2.24, 2.45) is 0 Å². The number of nitrogens with one attached hydrogen (secondary N) is 3. The number of rotatable bonds is 2. The van der Waals surface area contributed by atoms with Gasteiger partial charge in [0.2, 0.25) is 0 Å². The summed E-state index contributed by atoms with van der Waals surface area (Å²) in [6.45, 7) is 1.51. The highest BCUT2D eigenvalue weighted by atomic mass is 79.9. The Hall–Kier alpha value is -2.61. The van der Waals surface area contributed by atoms with Gasteiger partial charge in [0.25, 0.3) is 11.8 Å². The third kappa shape index (κ3) is 3.05. The summed E-state index contributed by atoms with van der Waals surface area (Å²) in [7, 11) is 0. The molecule has 0 fully saturated rings. The summed E-state index contributed by atoms with van der Waals surface area (Å²) in [5.74, 6) is -1.68. The van der Waals surface area contributed by atoms with Crippen molar-refractivity contribution < 1.29 is 19.1 Å². The summed E-state index contributed by atoms with van der Waals surface area (Å²) < 4.78 is 6.00. The highest BCUT2D eigenvalue weighted by Gasteiger charge is 2.42. The number of carbonyl (C=O) groups is 3. The van der Waals surface area contributed by atoms with Crippen LogP contribution in [-0.4, -0.2) is 28.4 Å². The monoisotopic (exact) mass is 391 g/mol. The number of halogens is 1. The van der Waals surface area contributed by atoms with Gasteiger partial charge < -0.3 is 9.72 Å². The van der Waals surface area contributed by atoms with Gasteiger partial charge in [0.05, 0.1) is 5.56 Å². The van der Waals surface area contributed by atoms with E-state index in [0.717, 1.165) is 5.56 Å². The molecule has 0 bridgehead atoms. The number of cyclic esters (lactones) is 1. The van der Waals surface area contributed by atoms with Gasteiger partial charge in [0, 0.05) is 17.1 Å². The summed E-state index contributed by atoms with van der Waals surface area (Å²) in [5.41, 5.74) is 4.65. The van der Waals surface area contributed by atoms with Crippen molar-refractivity contribution in [3.8, 4) is 0 Å². The molecular weight excluding hydrogens is 378 g/mol. The Morgan fingerprint density at radius 3 is 2.75 bits per heavy atom. The first kappa shape index (κ1) is 16.3. The zero-order valence-corrected chi connectivity index (χ0v) is 14.3. The van der Waals surface area contributed by atoms with Gasteiger partial charge in [0.15, 0.2) is 5.60 Å². The van der Waals surface area contributed by atoms with Gasteiger partial charge in [-0.05, 0) is 40.5 Å². The number of fused-ring (bicyclic) bond motifs is 1. The molecule has 2 heterocycles. The van der Waals surface area contributed by atoms with Crippen LogP contribution >= 0.6 is 15.9 Å². The van der Waals surface area contributed by atoms with Crippen LogP contribution in [0, 0.1) is 0 Å². The van der Waals surface area contributed by atoms with E-state index in [4.69, 9.17) is 4.74 Å². The van der Waals surface area contributed by atoms with Gasteiger partial charge in [-0.2, -0.15) is 0 Å². The number of benzene rings is 1. The third-order valence-electron chi connectivity index (χ3n) is 3.75. The van der Waals surface area contributed by atoms with Crippen LogP contribution in [-0.2, 0) is 16.0 Å². The molecule has 3 N–H and O–H groups in total. The zero-order chi connectivity index (χ0) is 17.3. The first-order valence-electron chi connectivity index (χ1n) is 7.15. The van der Waals surface area contributed by atoms with Gasteiger partial charge >= 0.3 is 5.97 Å². The average molecular weight is 392 g/mol. The molecule has 3 rings (SSSR count). The van der Waals surface area contributed by atoms with Crippen LogP contribution in [0.4, 0.5) is 0 Å². The van der Waals surface area contributed by atoms with E-state index in [1.54, 1.807) is 36.5 Å². The fourth-order valence-electron chi connectivity index (χ4n) is 2.47. The molecule has 0 aliphatic carbocycles. The standard InChI is InChI=1S/C16H14BrN3O4/c1-16(7-9-4-2-3-5-11(9)14(22)24-16)15(23)20-19-13(21)12-6-10(17)8-18-12/h2-6,8,18H,7H2,1H3,(H,19,21)(H,20,23). The van der Waals surface area contributed by atoms with Crippen LogP contribution in [0.3, 0.4) is 0 Å². The van der Waals surface area contributed by atoms with E-state index >= 15 is 0 Å². The minimum absolute atomic E-state index is 0.227. The molecule has 24 heavy (non-hydrogen) atoms. The molecule has 8 heteroatoms. The Kier molecular flexibility index (Phi) is 4.15. The Balaban J connectivity index is 1.69. The van der Waals surface area contributed by atoms with Crippen LogP contribution in [0.1, 0.15) is 33.3 Å². The minimum atomic E-state index is -1.39. The number of carbonyl (C=O) groups excluding carboxylic acids is 3. The van der Waals surface area contributed by atoms with E-state index in [-0.39, 0.29) is 12.1 Å². The topological polar surface area (TPSA) is 100 Å². The van der Waals surface area contributed by atoms with Gasteiger partial charge in [-0.25, -0.2) is 4.79 Å². The Morgan fingerprint density at radius 2 is 2.04 bits per heavy atom. The summed E-state index contributed by atoms with van der Waals surface area (Å²) in [5, 5.41) is 0. The quantitative estimate of drug-likeness (QED) is 0.535. The summed E-state index contributed by atoms with van der Waals surface area (Å²) in [4.78, 5) is 39.1. The molecule has 1 aliphatic heterocycles. The maximum atomic E-state index is 12.4. The van der Waals surface area contributed by atoms with Crippen molar-refractivity contribution in [3.05, 3.63) is 57.8 Å². The zero-order valence-electron chi connectivity index (χ0n) is 12.7. The van der Waals surface area contributed by atoms with Crippen LogP contribution in [0.5, 0.6) is 0 Å². The molecule has 1 aromatic heterocycles. The Labute approximate surface area is 145 Å². The fourth-order valence-corrected chi connectivity index (χ4v) is 2.81. The van der Waals surface area contributed by atoms with Gasteiger partial charge in [0.1, 0.15) is 5.69 Å². The predicted molar refractivity (Wildman–Crippen MR) is 88.1 cm³/mol. The van der Waals surface area contributed by atoms with Gasteiger partial charge in [-0.15, -0.1) is 0 Å². The number of aromatic nitrogens is 1. The number of aromatic amines is 1. The highest BCUT2D eigenvalue weighted by Crippen LogP contribution is 2.28. The van der Waals surface area contributed by atoms with Crippen LogP contribution in [0.15, 0.2) is 41.0 Å². The molecule has 1 unspecified atom stereocenters. The first-order chi connectivity index (χ1) is 11.4. The second kappa shape index (κ2) is 6.12. The second-order valence-corrected chi connectivity index (χ2v) is 6.51. The molecule has 1 aliphatic rings. The van der Waals surface area contributed by atoms with Crippen LogP contribution < -0.4 is 10.9 Å². The number of hydrogen-bond donors (Lipinski definition) is 3. The van der Waals surface area contributed by atoms with E-state index in [2.05, 4.69) is 31.8 Å². The molecule has 1 atom stereocenters. The number of hydrazine groups is 1. The van der Waals surface area contributed by atoms with Crippen molar-refractivity contribution >= 4 is 33.7 Å². The lowest BCUT2D eigenvalue weighted by Crippen LogP contribution is -2.56. The van der Waals surface area contributed by atoms with E-state index in [1.165, 1.54) is 6.92 Å². The molecule has 2 aromatic rings. The number of amides is 2. The van der Waals surface area contributed by atoms with Crippen LogP contribution in [0.25, 0.3) is 0 Å². The van der Waals surface area contributed by atoms with Crippen molar-refractivity contribution in [1.29, 1.82) is 0 Å². The maximum absolute atomic E-state index is 12.4. The molecule has 0 saturated heterocycles. The normalized spacial score (nSPS) is 19.2. The fraction of sp³-hybridized carbons (Fsp3) is 0.188. The molecule has 2 amide bonds. The Morgan fingerprint density at radius 1 is 1.29 bits per heavy atom. The lowest BCUT2D eigenvalue weighted by molar-refractivity contribution is -0.140. The van der Waals surface area contributed by atoms with Crippen LogP contribution in [0.2, 0.25) is 0 Å². The van der Waals surface area contributed by atoms with Gasteiger partial charge in [-0.3, -0.25) is 20.4 Å². The summed E-state index contributed by atoms with van der Waals surface area (Å²) in [6, 6.07) is 8.52. The van der Waals surface area contributed by atoms with Gasteiger partial charge in [-0.1, -0.05) is 18.2 Å². The molecule has 1 aromatic carbocycles. The lowest BCUT2D eigenvalue weighted by Gasteiger charge is -2.32. The molecular formula is C16H14BrN3O4. The van der Waals surface area contributed by atoms with Crippen molar-refractivity contribution in [1.82, 2.24) is 15.8 Å². The predicted octanol–water partition coefficient (Wildman–Crippen LogP) is 1.71. The van der Waals surface area contributed by atoms with E-state index in [9.17, 15) is 14.4 Å². The van der Waals surface area contributed by atoms with Crippen molar-refractivity contribution in [3.63, 3.8) is 0 Å².